The molecule has 7 nitrogen and oxygen atoms in total. The van der Waals surface area contributed by atoms with Gasteiger partial charge in [-0.1, -0.05) is 0 Å². The van der Waals surface area contributed by atoms with Gasteiger partial charge in [-0.3, -0.25) is 4.79 Å². The van der Waals surface area contributed by atoms with Gasteiger partial charge in [0.25, 0.3) is 0 Å². The highest BCUT2D eigenvalue weighted by atomic mass is 16.2. The molecular formula is C19H24N6O. The summed E-state index contributed by atoms with van der Waals surface area (Å²) in [6, 6.07) is 2.67. The maximum Gasteiger partial charge on any atom is 0.225 e. The zero-order valence-electron chi connectivity index (χ0n) is 14.8. The first-order valence-corrected chi connectivity index (χ1v) is 9.79. The van der Waals surface area contributed by atoms with E-state index in [0.29, 0.717) is 18.5 Å². The standard InChI is InChI=1S/C19H24N6O/c20-11-25-14-3-4-17(25)16(9-14)22-18(26)13-6-8-24(10-13)19-21-7-5-15(23-19)12-1-2-12/h5,7,12-14,16-17H,1-4,6,8-10H2,(H,22,26)/t13-,14+,16-,17-/m1/s1. The monoisotopic (exact) mass is 352 g/mol. The number of hydrogen-bond donors (Lipinski definition) is 1. The van der Waals surface area contributed by atoms with Crippen LogP contribution in [0.25, 0.3) is 0 Å². The van der Waals surface area contributed by atoms with Gasteiger partial charge in [-0.25, -0.2) is 9.97 Å². The number of rotatable bonds is 4. The third-order valence-electron chi connectivity index (χ3n) is 6.48. The highest BCUT2D eigenvalue weighted by Gasteiger charge is 2.47. The number of carbonyl (C=O) groups is 1. The van der Waals surface area contributed by atoms with Gasteiger partial charge in [-0.05, 0) is 44.6 Å². The maximum atomic E-state index is 12.8. The van der Waals surface area contributed by atoms with Gasteiger partial charge in [-0.15, -0.1) is 0 Å². The predicted molar refractivity (Wildman–Crippen MR) is 95.1 cm³/mol. The van der Waals surface area contributed by atoms with Crippen molar-refractivity contribution in [1.29, 1.82) is 5.26 Å². The smallest absolute Gasteiger partial charge is 0.225 e. The summed E-state index contributed by atoms with van der Waals surface area (Å²) >= 11 is 0. The van der Waals surface area contributed by atoms with Gasteiger partial charge in [-0.2, -0.15) is 5.26 Å². The van der Waals surface area contributed by atoms with Crippen molar-refractivity contribution in [3.63, 3.8) is 0 Å². The fraction of sp³-hybridized carbons (Fsp3) is 0.684. The Labute approximate surface area is 153 Å². The summed E-state index contributed by atoms with van der Waals surface area (Å²) in [5.74, 6) is 1.48. The summed E-state index contributed by atoms with van der Waals surface area (Å²) in [4.78, 5) is 25.9. The van der Waals surface area contributed by atoms with Crippen LogP contribution in [0.4, 0.5) is 5.95 Å². The van der Waals surface area contributed by atoms with Gasteiger partial charge >= 0.3 is 0 Å². The summed E-state index contributed by atoms with van der Waals surface area (Å²) in [6.07, 6.45) is 10.4. The molecule has 4 fully saturated rings. The minimum atomic E-state index is -0.0159. The van der Waals surface area contributed by atoms with Crippen LogP contribution in [0, 0.1) is 17.4 Å². The number of nitrogens with one attached hydrogen (secondary N) is 1. The quantitative estimate of drug-likeness (QED) is 0.824. The topological polar surface area (TPSA) is 85.2 Å². The Hall–Kier alpha value is -2.36. The fourth-order valence-corrected chi connectivity index (χ4v) is 4.88. The number of nitriles is 1. The van der Waals surface area contributed by atoms with Gasteiger partial charge in [0.1, 0.15) is 0 Å². The van der Waals surface area contributed by atoms with Crippen molar-refractivity contribution in [2.45, 2.75) is 62.6 Å². The summed E-state index contributed by atoms with van der Waals surface area (Å²) in [5, 5.41) is 12.5. The summed E-state index contributed by atoms with van der Waals surface area (Å²) in [6.45, 7) is 1.51. The van der Waals surface area contributed by atoms with Crippen molar-refractivity contribution in [1.82, 2.24) is 20.2 Å². The van der Waals surface area contributed by atoms with Gasteiger partial charge in [0.05, 0.1) is 18.0 Å². The second-order valence-corrected chi connectivity index (χ2v) is 8.14. The van der Waals surface area contributed by atoms with Crippen LogP contribution in [0.3, 0.4) is 0 Å². The molecule has 0 radical (unpaired) electrons. The normalized spacial score (nSPS) is 32.7. The van der Waals surface area contributed by atoms with Crippen molar-refractivity contribution in [3.8, 4) is 6.19 Å². The molecule has 136 valence electrons. The van der Waals surface area contributed by atoms with Gasteiger partial charge in [0.15, 0.2) is 6.19 Å². The number of fused-ring (bicyclic) bond motifs is 2. The Kier molecular flexibility index (Phi) is 3.73. The third-order valence-corrected chi connectivity index (χ3v) is 6.48. The van der Waals surface area contributed by atoms with E-state index < -0.39 is 0 Å². The average molecular weight is 352 g/mol. The van der Waals surface area contributed by atoms with Crippen LogP contribution >= 0.6 is 0 Å². The first-order valence-electron chi connectivity index (χ1n) is 9.79. The van der Waals surface area contributed by atoms with E-state index in [9.17, 15) is 10.1 Å². The van der Waals surface area contributed by atoms with Crippen LogP contribution < -0.4 is 10.2 Å². The van der Waals surface area contributed by atoms with Crippen molar-refractivity contribution in [3.05, 3.63) is 18.0 Å². The summed E-state index contributed by atoms with van der Waals surface area (Å²) in [7, 11) is 0. The Bertz CT molecular complexity index is 757. The minimum absolute atomic E-state index is 0.0159. The largest absolute Gasteiger partial charge is 0.351 e. The lowest BCUT2D eigenvalue weighted by molar-refractivity contribution is -0.125. The first-order chi connectivity index (χ1) is 12.7. The van der Waals surface area contributed by atoms with Crippen molar-refractivity contribution in [2.24, 2.45) is 5.92 Å². The number of nitrogens with zero attached hydrogens (tertiary/aromatic N) is 5. The maximum absolute atomic E-state index is 12.8. The Morgan fingerprint density at radius 3 is 2.92 bits per heavy atom. The molecule has 4 aliphatic rings. The molecule has 1 N–H and O–H groups in total. The molecule has 5 rings (SSSR count). The molecule has 1 saturated carbocycles. The first kappa shape index (κ1) is 15.9. The second-order valence-electron chi connectivity index (χ2n) is 8.14. The number of carbonyl (C=O) groups excluding carboxylic acids is 1. The lowest BCUT2D eigenvalue weighted by Gasteiger charge is -2.23. The van der Waals surface area contributed by atoms with Crippen LogP contribution in [0.5, 0.6) is 0 Å². The zero-order valence-corrected chi connectivity index (χ0v) is 14.8. The molecule has 0 spiro atoms. The molecule has 1 amide bonds. The molecule has 1 aromatic heterocycles. The minimum Gasteiger partial charge on any atom is -0.351 e. The molecule has 4 atom stereocenters. The highest BCUT2D eigenvalue weighted by molar-refractivity contribution is 5.80. The van der Waals surface area contributed by atoms with E-state index in [1.165, 1.54) is 12.8 Å². The van der Waals surface area contributed by atoms with Gasteiger partial charge < -0.3 is 15.1 Å². The molecule has 1 aromatic rings. The van der Waals surface area contributed by atoms with Crippen LogP contribution in [0.15, 0.2) is 12.3 Å². The van der Waals surface area contributed by atoms with Crippen molar-refractivity contribution in [2.75, 3.05) is 18.0 Å². The van der Waals surface area contributed by atoms with Crippen LogP contribution in [-0.4, -0.2) is 52.0 Å². The summed E-state index contributed by atoms with van der Waals surface area (Å²) in [5.41, 5.74) is 1.14. The molecule has 26 heavy (non-hydrogen) atoms. The van der Waals surface area contributed by atoms with E-state index in [0.717, 1.165) is 43.9 Å². The number of aromatic nitrogens is 2. The van der Waals surface area contributed by atoms with Crippen LogP contribution in [-0.2, 0) is 4.79 Å². The lowest BCUT2D eigenvalue weighted by Crippen LogP contribution is -2.46. The lowest BCUT2D eigenvalue weighted by atomic mass is 9.95. The van der Waals surface area contributed by atoms with Crippen molar-refractivity contribution >= 4 is 11.9 Å². The molecule has 7 heteroatoms. The van der Waals surface area contributed by atoms with Gasteiger partial charge in [0.2, 0.25) is 11.9 Å². The number of amides is 1. The van der Waals surface area contributed by atoms with E-state index in [1.54, 1.807) is 0 Å². The second kappa shape index (κ2) is 6.11. The predicted octanol–water partition coefficient (Wildman–Crippen LogP) is 1.38. The molecule has 4 heterocycles. The Balaban J connectivity index is 1.20. The molecular weight excluding hydrogens is 328 g/mol. The molecule has 1 aliphatic carbocycles. The van der Waals surface area contributed by atoms with Crippen LogP contribution in [0.2, 0.25) is 0 Å². The fourth-order valence-electron chi connectivity index (χ4n) is 4.88. The number of anilines is 1. The van der Waals surface area contributed by atoms with E-state index in [2.05, 4.69) is 21.4 Å². The SMILES string of the molecule is N#CN1[C@H]2CC[C@@H]1[C@H](NC(=O)[C@@H]1CCN(c3nccc(C4CC4)n3)C1)C2. The third kappa shape index (κ3) is 2.68. The molecule has 2 bridgehead atoms. The summed E-state index contributed by atoms with van der Waals surface area (Å²) < 4.78 is 0. The molecule has 3 aliphatic heterocycles. The van der Waals surface area contributed by atoms with E-state index in [-0.39, 0.29) is 23.9 Å². The zero-order chi connectivity index (χ0) is 17.7. The van der Waals surface area contributed by atoms with E-state index in [1.807, 2.05) is 17.2 Å². The number of hydrogen-bond acceptors (Lipinski definition) is 6. The van der Waals surface area contributed by atoms with E-state index >= 15 is 0 Å². The molecule has 0 aromatic carbocycles. The Morgan fingerprint density at radius 1 is 1.27 bits per heavy atom. The van der Waals surface area contributed by atoms with Crippen LogP contribution in [0.1, 0.15) is 50.1 Å². The Morgan fingerprint density at radius 2 is 2.15 bits per heavy atom. The van der Waals surface area contributed by atoms with Crippen molar-refractivity contribution < 1.29 is 4.79 Å². The average Bonchev–Trinajstić information content (AvgIpc) is 3.13. The van der Waals surface area contributed by atoms with E-state index in [4.69, 9.17) is 4.98 Å². The molecule has 3 saturated heterocycles. The highest BCUT2D eigenvalue weighted by Crippen LogP contribution is 2.39. The van der Waals surface area contributed by atoms with Gasteiger partial charge in [0, 0.05) is 36.9 Å². The molecule has 0 unspecified atom stereocenters.